The average molecular weight is 359 g/mol. The second kappa shape index (κ2) is 9.72. The van der Waals surface area contributed by atoms with E-state index in [0.717, 1.165) is 5.56 Å². The van der Waals surface area contributed by atoms with Gasteiger partial charge in [0.1, 0.15) is 11.5 Å². The van der Waals surface area contributed by atoms with Gasteiger partial charge < -0.3 is 19.4 Å². The van der Waals surface area contributed by atoms with Crippen molar-refractivity contribution in [3.8, 4) is 0 Å². The maximum atomic E-state index is 12.7. The van der Waals surface area contributed by atoms with Crippen molar-refractivity contribution in [1.82, 2.24) is 15.2 Å². The monoisotopic (exact) mass is 359 g/mol. The van der Waals surface area contributed by atoms with E-state index in [1.54, 1.807) is 44.3 Å². The van der Waals surface area contributed by atoms with Crippen LogP contribution in [-0.2, 0) is 16.1 Å². The minimum Gasteiger partial charge on any atom is -0.466 e. The Morgan fingerprint density at radius 2 is 2.12 bits per heavy atom. The van der Waals surface area contributed by atoms with E-state index < -0.39 is 0 Å². The summed E-state index contributed by atoms with van der Waals surface area (Å²) in [5.41, 5.74) is 1.45. The van der Waals surface area contributed by atoms with Crippen LogP contribution in [0, 0.1) is 13.8 Å². The van der Waals surface area contributed by atoms with Gasteiger partial charge in [0.25, 0.3) is 5.91 Å². The standard InChI is InChI=1S/C19H25N3O4/c1-14-11-17(15(2)26-14)19(24)22(9-10-25-3)8-6-18(23)21-13-16-5-4-7-20-12-16/h4-5,7,11-12H,6,8-10,13H2,1-3H3,(H,21,23). The summed E-state index contributed by atoms with van der Waals surface area (Å²) < 4.78 is 10.5. The lowest BCUT2D eigenvalue weighted by Gasteiger charge is -2.22. The van der Waals surface area contributed by atoms with Crippen LogP contribution < -0.4 is 5.32 Å². The van der Waals surface area contributed by atoms with Gasteiger partial charge in [-0.25, -0.2) is 0 Å². The number of rotatable bonds is 9. The van der Waals surface area contributed by atoms with Crippen LogP contribution in [0.4, 0.5) is 0 Å². The molecule has 140 valence electrons. The summed E-state index contributed by atoms with van der Waals surface area (Å²) in [6.45, 7) is 5.10. The van der Waals surface area contributed by atoms with E-state index in [1.165, 1.54) is 0 Å². The first-order valence-electron chi connectivity index (χ1n) is 8.52. The number of carbonyl (C=O) groups excluding carboxylic acids is 2. The number of carbonyl (C=O) groups is 2. The molecule has 2 heterocycles. The van der Waals surface area contributed by atoms with Gasteiger partial charge in [0.05, 0.1) is 12.2 Å². The molecule has 0 atom stereocenters. The van der Waals surface area contributed by atoms with E-state index in [2.05, 4.69) is 10.3 Å². The van der Waals surface area contributed by atoms with E-state index in [4.69, 9.17) is 9.15 Å². The van der Waals surface area contributed by atoms with Gasteiger partial charge in [-0.15, -0.1) is 0 Å². The van der Waals surface area contributed by atoms with Crippen LogP contribution in [0.15, 0.2) is 35.0 Å². The number of pyridine rings is 1. The third kappa shape index (κ3) is 5.70. The molecule has 0 saturated carbocycles. The third-order valence-electron chi connectivity index (χ3n) is 3.95. The molecule has 2 aromatic heterocycles. The van der Waals surface area contributed by atoms with Gasteiger partial charge in [0.2, 0.25) is 5.91 Å². The fourth-order valence-corrected chi connectivity index (χ4v) is 2.56. The molecule has 0 aromatic carbocycles. The van der Waals surface area contributed by atoms with E-state index in [0.29, 0.717) is 43.3 Å². The Hall–Kier alpha value is -2.67. The van der Waals surface area contributed by atoms with Crippen molar-refractivity contribution < 1.29 is 18.7 Å². The van der Waals surface area contributed by atoms with Crippen molar-refractivity contribution in [2.45, 2.75) is 26.8 Å². The highest BCUT2D eigenvalue weighted by Gasteiger charge is 2.21. The zero-order valence-corrected chi connectivity index (χ0v) is 15.4. The first-order valence-corrected chi connectivity index (χ1v) is 8.52. The molecule has 0 unspecified atom stereocenters. The number of aryl methyl sites for hydroxylation is 2. The lowest BCUT2D eigenvalue weighted by atomic mass is 10.2. The lowest BCUT2D eigenvalue weighted by Crippen LogP contribution is -2.37. The summed E-state index contributed by atoms with van der Waals surface area (Å²) >= 11 is 0. The van der Waals surface area contributed by atoms with E-state index in [9.17, 15) is 9.59 Å². The first-order chi connectivity index (χ1) is 12.5. The van der Waals surface area contributed by atoms with Gasteiger partial charge in [-0.1, -0.05) is 6.07 Å². The molecule has 0 bridgehead atoms. The lowest BCUT2D eigenvalue weighted by molar-refractivity contribution is -0.121. The molecule has 0 saturated heterocycles. The first kappa shape index (κ1) is 19.7. The predicted molar refractivity (Wildman–Crippen MR) is 96.7 cm³/mol. The van der Waals surface area contributed by atoms with Crippen LogP contribution in [0.3, 0.4) is 0 Å². The number of methoxy groups -OCH3 is 1. The Kier molecular flexibility index (Phi) is 7.35. The Labute approximate surface area is 153 Å². The minimum atomic E-state index is -0.156. The van der Waals surface area contributed by atoms with Crippen LogP contribution in [0.1, 0.15) is 33.9 Å². The summed E-state index contributed by atoms with van der Waals surface area (Å²) in [6, 6.07) is 5.44. The van der Waals surface area contributed by atoms with Gasteiger partial charge >= 0.3 is 0 Å². The number of ether oxygens (including phenoxy) is 1. The maximum Gasteiger partial charge on any atom is 0.257 e. The molecule has 7 heteroatoms. The van der Waals surface area contributed by atoms with Crippen LogP contribution >= 0.6 is 0 Å². The zero-order chi connectivity index (χ0) is 18.9. The van der Waals surface area contributed by atoms with Crippen LogP contribution in [0.25, 0.3) is 0 Å². The largest absolute Gasteiger partial charge is 0.466 e. The van der Waals surface area contributed by atoms with Crippen molar-refractivity contribution in [1.29, 1.82) is 0 Å². The number of nitrogens with zero attached hydrogens (tertiary/aromatic N) is 2. The van der Waals surface area contributed by atoms with Gasteiger partial charge in [-0.2, -0.15) is 0 Å². The van der Waals surface area contributed by atoms with Gasteiger partial charge in [-0.05, 0) is 31.5 Å². The van der Waals surface area contributed by atoms with Crippen molar-refractivity contribution in [2.24, 2.45) is 0 Å². The Morgan fingerprint density at radius 1 is 1.31 bits per heavy atom. The summed E-state index contributed by atoms with van der Waals surface area (Å²) in [6.07, 6.45) is 3.61. The van der Waals surface area contributed by atoms with Crippen molar-refractivity contribution >= 4 is 11.8 Å². The van der Waals surface area contributed by atoms with Crippen LogP contribution in [0.2, 0.25) is 0 Å². The number of aromatic nitrogens is 1. The van der Waals surface area contributed by atoms with Crippen molar-refractivity contribution in [3.05, 3.63) is 53.2 Å². The maximum absolute atomic E-state index is 12.7. The molecule has 0 aliphatic heterocycles. The highest BCUT2D eigenvalue weighted by atomic mass is 16.5. The minimum absolute atomic E-state index is 0.121. The van der Waals surface area contributed by atoms with Gasteiger partial charge in [0.15, 0.2) is 0 Å². The molecule has 0 aliphatic rings. The Bertz CT molecular complexity index is 728. The predicted octanol–water partition coefficient (Wildman–Crippen LogP) is 2.09. The van der Waals surface area contributed by atoms with E-state index >= 15 is 0 Å². The number of nitrogens with one attached hydrogen (secondary N) is 1. The number of amides is 2. The fraction of sp³-hybridized carbons (Fsp3) is 0.421. The highest BCUT2D eigenvalue weighted by molar-refractivity contribution is 5.95. The number of furan rings is 1. The molecule has 2 rings (SSSR count). The third-order valence-corrected chi connectivity index (χ3v) is 3.95. The van der Waals surface area contributed by atoms with Crippen LogP contribution in [0.5, 0.6) is 0 Å². The van der Waals surface area contributed by atoms with Gasteiger partial charge in [0, 0.05) is 45.6 Å². The molecule has 2 aromatic rings. The van der Waals surface area contributed by atoms with Crippen molar-refractivity contribution in [3.63, 3.8) is 0 Å². The fourth-order valence-electron chi connectivity index (χ4n) is 2.56. The zero-order valence-electron chi connectivity index (χ0n) is 15.4. The average Bonchev–Trinajstić information content (AvgIpc) is 2.98. The number of hydrogen-bond acceptors (Lipinski definition) is 5. The SMILES string of the molecule is COCCN(CCC(=O)NCc1cccnc1)C(=O)c1cc(C)oc1C. The molecular formula is C19H25N3O4. The quantitative estimate of drug-likeness (QED) is 0.741. The molecule has 0 aliphatic carbocycles. The smallest absolute Gasteiger partial charge is 0.257 e. The highest BCUT2D eigenvalue weighted by Crippen LogP contribution is 2.16. The van der Waals surface area contributed by atoms with Crippen LogP contribution in [-0.4, -0.2) is 48.5 Å². The number of hydrogen-bond donors (Lipinski definition) is 1. The molecule has 0 radical (unpaired) electrons. The summed E-state index contributed by atoms with van der Waals surface area (Å²) in [7, 11) is 1.58. The summed E-state index contributed by atoms with van der Waals surface area (Å²) in [5, 5.41) is 2.84. The normalized spacial score (nSPS) is 10.6. The Balaban J connectivity index is 1.91. The molecule has 7 nitrogen and oxygen atoms in total. The molecular weight excluding hydrogens is 334 g/mol. The topological polar surface area (TPSA) is 84.7 Å². The van der Waals surface area contributed by atoms with E-state index in [1.807, 2.05) is 12.1 Å². The van der Waals surface area contributed by atoms with Gasteiger partial charge in [-0.3, -0.25) is 14.6 Å². The molecule has 26 heavy (non-hydrogen) atoms. The second-order valence-corrected chi connectivity index (χ2v) is 6.00. The second-order valence-electron chi connectivity index (χ2n) is 6.00. The summed E-state index contributed by atoms with van der Waals surface area (Å²) in [4.78, 5) is 30.5. The molecule has 1 N–H and O–H groups in total. The molecule has 0 spiro atoms. The molecule has 2 amide bonds. The molecule has 0 fully saturated rings. The summed E-state index contributed by atoms with van der Waals surface area (Å²) in [5.74, 6) is 0.989. The van der Waals surface area contributed by atoms with Crippen molar-refractivity contribution in [2.75, 3.05) is 26.8 Å². The Morgan fingerprint density at radius 3 is 2.73 bits per heavy atom. The van der Waals surface area contributed by atoms with E-state index in [-0.39, 0.29) is 18.2 Å².